The fourth-order valence-corrected chi connectivity index (χ4v) is 5.03. The first-order valence-electron chi connectivity index (χ1n) is 18.9. The molecule has 6 rings (SSSR count). The molecule has 0 aliphatic heterocycles. The van der Waals surface area contributed by atoms with E-state index in [9.17, 15) is 24.0 Å². The number of hydrogen-bond acceptors (Lipinski definition) is 14. The number of nitrogens with zero attached hydrogens (tertiary/aromatic N) is 6. The van der Waals surface area contributed by atoms with Crippen molar-refractivity contribution in [3.05, 3.63) is 178 Å². The molecule has 6 aromatic rings. The summed E-state index contributed by atoms with van der Waals surface area (Å²) in [6.07, 6.45) is 21.9. The summed E-state index contributed by atoms with van der Waals surface area (Å²) in [5.41, 5.74) is 7.34. The van der Waals surface area contributed by atoms with Gasteiger partial charge in [-0.1, -0.05) is 30.8 Å². The SMILES string of the molecule is Brc1ccc(-c2ccc(Br)cn2)nc1.C=CC(=O)OC.COC(=O)/C=C/c1ccc(-c2ccc(/C=C/C(=O)OC)cn2)nc1.O=C(O)/C=C/c1ccc(-c2ccc(/C=C/C(=O)O)cn2)nc1. The lowest BCUT2D eigenvalue weighted by Crippen LogP contribution is -1.94. The molecule has 2 N–H and O–H groups in total. The largest absolute Gasteiger partial charge is 0.478 e. The summed E-state index contributed by atoms with van der Waals surface area (Å²) >= 11 is 6.68. The third-order valence-electron chi connectivity index (χ3n) is 7.82. The maximum Gasteiger partial charge on any atom is 0.330 e. The Balaban J connectivity index is 0.000000253. The molecule has 0 amide bonds. The average Bonchev–Trinajstić information content (AvgIpc) is 3.35. The first-order chi connectivity index (χ1) is 31.7. The number of aliphatic carboxylic acids is 2. The standard InChI is InChI=1S/C18H16N2O4.C16H12N2O4.C10H6Br2N2.C4H6O2/c1-23-17(21)9-5-13-3-7-15(19-11-13)16-8-4-14(12-20-16)6-10-18(22)24-2;19-15(20)7-3-11-1-5-13(17-9-11)14-6-2-12(10-18-14)4-8-16(21)22;11-7-1-3-9(13-5-7)10-4-2-8(12)6-14-10;1-3-4(5)6-2/h3-12H,1-2H3;1-10H,(H,19,20)(H,21,22);1-6H;3H,1H2,2H3/b9-5+,10-6+;7-3+,8-4+;;. The molecule has 0 aliphatic rings. The van der Waals surface area contributed by atoms with E-state index in [2.05, 4.69) is 82.6 Å². The lowest BCUT2D eigenvalue weighted by atomic mass is 10.2. The molecule has 0 spiro atoms. The van der Waals surface area contributed by atoms with Crippen LogP contribution in [0.1, 0.15) is 22.3 Å². The Morgan fingerprint density at radius 2 is 0.682 bits per heavy atom. The lowest BCUT2D eigenvalue weighted by molar-refractivity contribution is -0.135. The van der Waals surface area contributed by atoms with Crippen LogP contribution in [0.15, 0.2) is 156 Å². The molecule has 18 heteroatoms. The van der Waals surface area contributed by atoms with Gasteiger partial charge < -0.3 is 24.4 Å². The molecule has 0 unspecified atom stereocenters. The van der Waals surface area contributed by atoms with Crippen molar-refractivity contribution in [3.63, 3.8) is 0 Å². The zero-order valence-electron chi connectivity index (χ0n) is 35.4. The van der Waals surface area contributed by atoms with Gasteiger partial charge in [-0.3, -0.25) is 29.9 Å². The van der Waals surface area contributed by atoms with E-state index in [1.54, 1.807) is 73.6 Å². The number of halogens is 2. The van der Waals surface area contributed by atoms with Gasteiger partial charge in [0.25, 0.3) is 0 Å². The van der Waals surface area contributed by atoms with Gasteiger partial charge in [0, 0.05) is 76.5 Å². The Labute approximate surface area is 396 Å². The van der Waals surface area contributed by atoms with Crippen LogP contribution >= 0.6 is 31.9 Å². The number of ether oxygens (including phenoxy) is 3. The molecule has 16 nitrogen and oxygen atoms in total. The summed E-state index contributed by atoms with van der Waals surface area (Å²) in [7, 11) is 3.96. The number of methoxy groups -OCH3 is 3. The number of carbonyl (C=O) groups is 5. The molecule has 0 fully saturated rings. The van der Waals surface area contributed by atoms with Gasteiger partial charge in [-0.05, 0) is 127 Å². The van der Waals surface area contributed by atoms with E-state index in [0.717, 1.165) is 49.7 Å². The second-order valence-electron chi connectivity index (χ2n) is 12.4. The first kappa shape index (κ1) is 52.3. The Kier molecular flexibility index (Phi) is 22.6. The Hall–Kier alpha value is -8.09. The van der Waals surface area contributed by atoms with Crippen molar-refractivity contribution in [1.29, 1.82) is 0 Å². The second-order valence-corrected chi connectivity index (χ2v) is 14.2. The number of esters is 3. The topological polar surface area (TPSA) is 231 Å². The van der Waals surface area contributed by atoms with E-state index in [-0.39, 0.29) is 0 Å². The van der Waals surface area contributed by atoms with Crippen LogP contribution in [0.2, 0.25) is 0 Å². The summed E-state index contributed by atoms with van der Waals surface area (Å²) in [5, 5.41) is 17.1. The molecule has 336 valence electrons. The molecule has 66 heavy (non-hydrogen) atoms. The number of carbonyl (C=O) groups excluding carboxylic acids is 3. The van der Waals surface area contributed by atoms with E-state index in [0.29, 0.717) is 33.9 Å². The molecule has 0 aliphatic carbocycles. The summed E-state index contributed by atoms with van der Waals surface area (Å²) in [6, 6.07) is 22.0. The van der Waals surface area contributed by atoms with Gasteiger partial charge in [-0.2, -0.15) is 0 Å². The lowest BCUT2D eigenvalue weighted by Gasteiger charge is -2.01. The molecule has 6 aromatic heterocycles. The third kappa shape index (κ3) is 20.0. The van der Waals surface area contributed by atoms with Crippen LogP contribution in [0.4, 0.5) is 0 Å². The molecule has 0 saturated heterocycles. The van der Waals surface area contributed by atoms with Crippen molar-refractivity contribution in [2.75, 3.05) is 21.3 Å². The number of carboxylic acids is 2. The number of hydrogen-bond donors (Lipinski definition) is 2. The predicted octanol–water partition coefficient (Wildman–Crippen LogP) is 8.87. The normalized spacial score (nSPS) is 10.4. The highest BCUT2D eigenvalue weighted by Crippen LogP contribution is 2.19. The van der Waals surface area contributed by atoms with Crippen LogP contribution in [0, 0.1) is 0 Å². The zero-order valence-corrected chi connectivity index (χ0v) is 38.6. The van der Waals surface area contributed by atoms with E-state index in [1.807, 2.05) is 48.5 Å². The summed E-state index contributed by atoms with van der Waals surface area (Å²) in [4.78, 5) is 78.3. The fraction of sp³-hybridized carbons (Fsp3) is 0.0625. The monoisotopic (exact) mass is 1020 g/mol. The van der Waals surface area contributed by atoms with Gasteiger partial charge in [0.15, 0.2) is 0 Å². The van der Waals surface area contributed by atoms with Crippen molar-refractivity contribution in [2.24, 2.45) is 0 Å². The van der Waals surface area contributed by atoms with Gasteiger partial charge in [0.1, 0.15) is 0 Å². The van der Waals surface area contributed by atoms with Crippen LogP contribution in [-0.2, 0) is 38.2 Å². The van der Waals surface area contributed by atoms with E-state index < -0.39 is 29.8 Å². The van der Waals surface area contributed by atoms with E-state index >= 15 is 0 Å². The molecular formula is C48H40Br2N6O10. The number of aromatic nitrogens is 6. The highest BCUT2D eigenvalue weighted by Gasteiger charge is 2.04. The van der Waals surface area contributed by atoms with Crippen molar-refractivity contribution in [3.8, 4) is 34.2 Å². The smallest absolute Gasteiger partial charge is 0.330 e. The highest BCUT2D eigenvalue weighted by atomic mass is 79.9. The minimum atomic E-state index is -1.02. The number of rotatable bonds is 12. The minimum absolute atomic E-state index is 0.394. The fourth-order valence-electron chi connectivity index (χ4n) is 4.56. The quantitative estimate of drug-likeness (QED) is 0.0662. The Morgan fingerprint density at radius 3 is 0.864 bits per heavy atom. The maximum atomic E-state index is 11.0. The van der Waals surface area contributed by atoms with E-state index in [4.69, 9.17) is 10.2 Å². The summed E-state index contributed by atoms with van der Waals surface area (Å²) in [6.45, 7) is 3.16. The molecule has 6 heterocycles. The van der Waals surface area contributed by atoms with Crippen LogP contribution in [0.5, 0.6) is 0 Å². The van der Waals surface area contributed by atoms with Gasteiger partial charge in [-0.25, -0.2) is 24.0 Å². The average molecular weight is 1020 g/mol. The Bertz CT molecular complexity index is 2480. The van der Waals surface area contributed by atoms with Crippen molar-refractivity contribution < 1.29 is 48.4 Å². The summed E-state index contributed by atoms with van der Waals surface area (Å²) in [5.74, 6) is -3.27. The summed E-state index contributed by atoms with van der Waals surface area (Å²) < 4.78 is 15.1. The van der Waals surface area contributed by atoms with Crippen LogP contribution in [0.3, 0.4) is 0 Å². The van der Waals surface area contributed by atoms with Crippen LogP contribution in [0.25, 0.3) is 58.5 Å². The predicted molar refractivity (Wildman–Crippen MR) is 255 cm³/mol. The molecule has 0 atom stereocenters. The highest BCUT2D eigenvalue weighted by molar-refractivity contribution is 9.10. The number of carboxylic acid groups (broad SMARTS) is 2. The molecule has 0 radical (unpaired) electrons. The molecule has 0 aromatic carbocycles. The van der Waals surface area contributed by atoms with E-state index in [1.165, 1.54) is 45.6 Å². The van der Waals surface area contributed by atoms with Gasteiger partial charge >= 0.3 is 29.8 Å². The number of pyridine rings is 6. The van der Waals surface area contributed by atoms with Gasteiger partial charge in [0.05, 0.1) is 55.5 Å². The van der Waals surface area contributed by atoms with Crippen LogP contribution in [-0.4, -0.2) is 91.3 Å². The van der Waals surface area contributed by atoms with Crippen LogP contribution < -0.4 is 0 Å². The molecule has 0 saturated carbocycles. The zero-order chi connectivity index (χ0) is 48.3. The first-order valence-corrected chi connectivity index (χ1v) is 20.4. The van der Waals surface area contributed by atoms with Gasteiger partial charge in [0.2, 0.25) is 0 Å². The maximum absolute atomic E-state index is 11.0. The molecular weight excluding hydrogens is 980 g/mol. The van der Waals surface area contributed by atoms with Gasteiger partial charge in [-0.15, -0.1) is 0 Å². The minimum Gasteiger partial charge on any atom is -0.478 e. The van der Waals surface area contributed by atoms with Crippen molar-refractivity contribution >= 4 is 86.0 Å². The van der Waals surface area contributed by atoms with Crippen molar-refractivity contribution in [1.82, 2.24) is 29.9 Å². The van der Waals surface area contributed by atoms with Crippen molar-refractivity contribution in [2.45, 2.75) is 0 Å². The Morgan fingerprint density at radius 1 is 0.424 bits per heavy atom. The third-order valence-corrected chi connectivity index (χ3v) is 8.76. The molecule has 0 bridgehead atoms. The second kappa shape index (κ2) is 28.6.